The molecule has 2 rings (SSSR count). The molecule has 0 aromatic carbocycles. The fourth-order valence-corrected chi connectivity index (χ4v) is 3.62. The van der Waals surface area contributed by atoms with Gasteiger partial charge >= 0.3 is 5.97 Å². The third-order valence-corrected chi connectivity index (χ3v) is 4.80. The first-order chi connectivity index (χ1) is 9.04. The minimum absolute atomic E-state index is 0.214. The van der Waals surface area contributed by atoms with Crippen molar-refractivity contribution in [2.45, 2.75) is 13.0 Å². The molecule has 19 heavy (non-hydrogen) atoms. The number of halogens is 2. The van der Waals surface area contributed by atoms with Gasteiger partial charge in [-0.3, -0.25) is 9.69 Å². The van der Waals surface area contributed by atoms with E-state index in [9.17, 15) is 4.79 Å². The highest BCUT2D eigenvalue weighted by Crippen LogP contribution is 2.32. The number of piperazine rings is 1. The van der Waals surface area contributed by atoms with Crippen molar-refractivity contribution >= 4 is 40.5 Å². The summed E-state index contributed by atoms with van der Waals surface area (Å²) < 4.78 is 1.48. The van der Waals surface area contributed by atoms with Gasteiger partial charge in [0.25, 0.3) is 0 Å². The van der Waals surface area contributed by atoms with Gasteiger partial charge in [-0.25, -0.2) is 0 Å². The van der Waals surface area contributed by atoms with Crippen LogP contribution in [0.5, 0.6) is 0 Å². The van der Waals surface area contributed by atoms with E-state index >= 15 is 0 Å². The molecular formula is C12H16Cl2N2O2S. The first-order valence-corrected chi connectivity index (χ1v) is 7.72. The van der Waals surface area contributed by atoms with E-state index in [4.69, 9.17) is 28.3 Å². The Hall–Kier alpha value is -0.330. The van der Waals surface area contributed by atoms with E-state index in [1.807, 2.05) is 6.07 Å². The molecule has 2 heterocycles. The van der Waals surface area contributed by atoms with E-state index in [0.717, 1.165) is 47.0 Å². The van der Waals surface area contributed by atoms with E-state index in [2.05, 4.69) is 9.80 Å². The number of carbonyl (C=O) groups is 1. The maximum absolute atomic E-state index is 10.5. The second kappa shape index (κ2) is 6.90. The summed E-state index contributed by atoms with van der Waals surface area (Å²) in [5, 5.41) is 8.66. The summed E-state index contributed by atoms with van der Waals surface area (Å²) >= 11 is 13.4. The highest BCUT2D eigenvalue weighted by Gasteiger charge is 2.18. The van der Waals surface area contributed by atoms with Gasteiger partial charge < -0.3 is 10.0 Å². The molecule has 0 saturated carbocycles. The lowest BCUT2D eigenvalue weighted by atomic mass is 10.2. The zero-order valence-corrected chi connectivity index (χ0v) is 12.8. The smallest absolute Gasteiger partial charge is 0.304 e. The van der Waals surface area contributed by atoms with Gasteiger partial charge in [-0.15, -0.1) is 11.3 Å². The van der Waals surface area contributed by atoms with E-state index in [0.29, 0.717) is 6.54 Å². The third-order valence-electron chi connectivity index (χ3n) is 3.23. The lowest BCUT2D eigenvalue weighted by Gasteiger charge is -2.34. The van der Waals surface area contributed by atoms with Gasteiger partial charge in [0.1, 0.15) is 0 Å². The van der Waals surface area contributed by atoms with Crippen molar-refractivity contribution in [1.29, 1.82) is 0 Å². The molecule has 0 spiro atoms. The summed E-state index contributed by atoms with van der Waals surface area (Å²) in [6, 6.07) is 1.92. The van der Waals surface area contributed by atoms with E-state index < -0.39 is 5.97 Å². The van der Waals surface area contributed by atoms with Crippen molar-refractivity contribution in [2.24, 2.45) is 0 Å². The zero-order chi connectivity index (χ0) is 13.8. The molecule has 1 aromatic rings. The average molecular weight is 323 g/mol. The van der Waals surface area contributed by atoms with Crippen LogP contribution in [0, 0.1) is 0 Å². The molecule has 0 radical (unpaired) electrons. The summed E-state index contributed by atoms with van der Waals surface area (Å²) in [7, 11) is 0. The number of carboxylic acids is 1. The predicted molar refractivity (Wildman–Crippen MR) is 78.3 cm³/mol. The minimum atomic E-state index is -0.734. The molecule has 7 heteroatoms. The second-order valence-corrected chi connectivity index (χ2v) is 6.90. The Balaban J connectivity index is 1.77. The lowest BCUT2D eigenvalue weighted by Crippen LogP contribution is -2.46. The summed E-state index contributed by atoms with van der Waals surface area (Å²) in [6.45, 7) is 5.13. The van der Waals surface area contributed by atoms with E-state index in [1.165, 1.54) is 11.3 Å². The van der Waals surface area contributed by atoms with Crippen LogP contribution in [0.25, 0.3) is 0 Å². The zero-order valence-electron chi connectivity index (χ0n) is 10.4. The van der Waals surface area contributed by atoms with Gasteiger partial charge in [-0.05, 0) is 11.6 Å². The quantitative estimate of drug-likeness (QED) is 0.905. The van der Waals surface area contributed by atoms with Crippen LogP contribution in [-0.4, -0.2) is 53.6 Å². The van der Waals surface area contributed by atoms with Gasteiger partial charge in [0.15, 0.2) is 0 Å². The standard InChI is InChI=1S/C12H16Cl2N2O2S/c13-10-7-9(12(14)19-10)8-16-5-3-15(4-6-16)2-1-11(17)18/h7H,1-6,8H2,(H,17,18). The largest absolute Gasteiger partial charge is 0.481 e. The topological polar surface area (TPSA) is 43.8 Å². The van der Waals surface area contributed by atoms with Crippen LogP contribution >= 0.6 is 34.5 Å². The number of thiophene rings is 1. The van der Waals surface area contributed by atoms with Gasteiger partial charge in [0.05, 0.1) is 15.1 Å². The Bertz CT molecular complexity index is 445. The first kappa shape index (κ1) is 15.1. The van der Waals surface area contributed by atoms with Crippen molar-refractivity contribution in [1.82, 2.24) is 9.80 Å². The van der Waals surface area contributed by atoms with Crippen LogP contribution in [0.1, 0.15) is 12.0 Å². The van der Waals surface area contributed by atoms with Crippen LogP contribution < -0.4 is 0 Å². The van der Waals surface area contributed by atoms with Crippen molar-refractivity contribution in [3.05, 3.63) is 20.3 Å². The molecular weight excluding hydrogens is 307 g/mol. The average Bonchev–Trinajstić information content (AvgIpc) is 2.67. The van der Waals surface area contributed by atoms with Crippen LogP contribution in [0.15, 0.2) is 6.07 Å². The van der Waals surface area contributed by atoms with Crippen LogP contribution in [-0.2, 0) is 11.3 Å². The summed E-state index contributed by atoms with van der Waals surface area (Å²) in [6.07, 6.45) is 0.214. The van der Waals surface area contributed by atoms with Gasteiger partial charge in [-0.2, -0.15) is 0 Å². The van der Waals surface area contributed by atoms with E-state index in [-0.39, 0.29) is 6.42 Å². The SMILES string of the molecule is O=C(O)CCN1CCN(Cc2cc(Cl)sc2Cl)CC1. The Kier molecular flexibility index (Phi) is 5.47. The maximum Gasteiger partial charge on any atom is 0.304 e. The molecule has 4 nitrogen and oxygen atoms in total. The summed E-state index contributed by atoms with van der Waals surface area (Å²) in [4.78, 5) is 15.0. The van der Waals surface area contributed by atoms with Crippen LogP contribution in [0.4, 0.5) is 0 Å². The molecule has 1 fully saturated rings. The number of nitrogens with zero attached hydrogens (tertiary/aromatic N) is 2. The van der Waals surface area contributed by atoms with Crippen molar-refractivity contribution in [3.8, 4) is 0 Å². The highest BCUT2D eigenvalue weighted by molar-refractivity contribution is 7.20. The van der Waals surface area contributed by atoms with Gasteiger partial charge in [-0.1, -0.05) is 23.2 Å². The molecule has 0 unspecified atom stereocenters. The Morgan fingerprint density at radius 3 is 2.42 bits per heavy atom. The lowest BCUT2D eigenvalue weighted by molar-refractivity contribution is -0.137. The van der Waals surface area contributed by atoms with Crippen molar-refractivity contribution in [3.63, 3.8) is 0 Å². The maximum atomic E-state index is 10.5. The fourth-order valence-electron chi connectivity index (χ4n) is 2.15. The Morgan fingerprint density at radius 1 is 1.26 bits per heavy atom. The number of aliphatic carboxylic acids is 1. The minimum Gasteiger partial charge on any atom is -0.481 e. The van der Waals surface area contributed by atoms with Crippen molar-refractivity contribution in [2.75, 3.05) is 32.7 Å². The fraction of sp³-hybridized carbons (Fsp3) is 0.583. The molecule has 106 valence electrons. The van der Waals surface area contributed by atoms with Crippen LogP contribution in [0.3, 0.4) is 0 Å². The Morgan fingerprint density at radius 2 is 1.89 bits per heavy atom. The Labute approximate surface area is 126 Å². The number of rotatable bonds is 5. The van der Waals surface area contributed by atoms with Crippen LogP contribution in [0.2, 0.25) is 8.67 Å². The predicted octanol–water partition coefficient (Wildman–Crippen LogP) is 2.65. The summed E-state index contributed by atoms with van der Waals surface area (Å²) in [5.41, 5.74) is 1.08. The monoisotopic (exact) mass is 322 g/mol. The molecule has 0 amide bonds. The normalized spacial score (nSPS) is 17.8. The molecule has 1 aliphatic rings. The molecule has 1 aromatic heterocycles. The molecule has 1 N–H and O–H groups in total. The summed E-state index contributed by atoms with van der Waals surface area (Å²) in [5.74, 6) is -0.734. The second-order valence-electron chi connectivity index (χ2n) is 4.61. The van der Waals surface area contributed by atoms with Gasteiger partial charge in [0.2, 0.25) is 0 Å². The number of hydrogen-bond donors (Lipinski definition) is 1. The molecule has 1 aliphatic heterocycles. The van der Waals surface area contributed by atoms with Gasteiger partial charge in [0, 0.05) is 39.3 Å². The first-order valence-electron chi connectivity index (χ1n) is 6.15. The number of hydrogen-bond acceptors (Lipinski definition) is 4. The molecule has 1 saturated heterocycles. The van der Waals surface area contributed by atoms with Crippen molar-refractivity contribution < 1.29 is 9.90 Å². The molecule has 0 aliphatic carbocycles. The molecule has 0 bridgehead atoms. The third kappa shape index (κ3) is 4.61. The number of carboxylic acid groups (broad SMARTS) is 1. The molecule has 0 atom stereocenters. The highest BCUT2D eigenvalue weighted by atomic mass is 35.5. The van der Waals surface area contributed by atoms with E-state index in [1.54, 1.807) is 0 Å².